The number of benzene rings is 1. The molecule has 0 aliphatic rings. The monoisotopic (exact) mass is 326 g/mol. The number of carbonyl (C=O) groups is 1. The molecule has 0 atom stereocenters. The second kappa shape index (κ2) is 7.01. The summed E-state index contributed by atoms with van der Waals surface area (Å²) in [5, 5.41) is 15.0. The van der Waals surface area contributed by atoms with Crippen molar-refractivity contribution in [1.29, 1.82) is 0 Å². The number of hydrogen-bond acceptors (Lipinski definition) is 6. The predicted molar refractivity (Wildman–Crippen MR) is 87.5 cm³/mol. The van der Waals surface area contributed by atoms with Crippen molar-refractivity contribution in [1.82, 2.24) is 25.2 Å². The van der Waals surface area contributed by atoms with E-state index in [0.29, 0.717) is 10.8 Å². The van der Waals surface area contributed by atoms with Crippen molar-refractivity contribution in [2.45, 2.75) is 12.1 Å². The highest BCUT2D eigenvalue weighted by atomic mass is 32.2. The Kier molecular flexibility index (Phi) is 4.62. The molecule has 0 fully saturated rings. The average Bonchev–Trinajstić information content (AvgIpc) is 3.03. The van der Waals surface area contributed by atoms with Crippen LogP contribution in [-0.2, 0) is 4.79 Å². The first kappa shape index (κ1) is 15.2. The molecule has 0 saturated heterocycles. The summed E-state index contributed by atoms with van der Waals surface area (Å²) in [6.45, 7) is 2.02. The van der Waals surface area contributed by atoms with Crippen molar-refractivity contribution >= 4 is 23.4 Å². The van der Waals surface area contributed by atoms with Gasteiger partial charge in [0.05, 0.1) is 11.4 Å². The van der Waals surface area contributed by atoms with Gasteiger partial charge in [-0.05, 0) is 41.6 Å². The highest BCUT2D eigenvalue weighted by Crippen LogP contribution is 2.18. The van der Waals surface area contributed by atoms with E-state index in [-0.39, 0.29) is 11.7 Å². The molecular formula is C15H14N6OS. The lowest BCUT2D eigenvalue weighted by molar-refractivity contribution is -0.113. The van der Waals surface area contributed by atoms with Crippen LogP contribution in [0.25, 0.3) is 5.69 Å². The molecule has 1 amide bonds. The van der Waals surface area contributed by atoms with Gasteiger partial charge in [-0.25, -0.2) is 0 Å². The molecule has 8 heteroatoms. The van der Waals surface area contributed by atoms with Crippen molar-refractivity contribution in [2.75, 3.05) is 11.1 Å². The molecule has 1 N–H and O–H groups in total. The topological polar surface area (TPSA) is 85.6 Å². The van der Waals surface area contributed by atoms with Crippen molar-refractivity contribution in [3.63, 3.8) is 0 Å². The summed E-state index contributed by atoms with van der Waals surface area (Å²) in [5.74, 6) is 0.0915. The lowest BCUT2D eigenvalue weighted by Crippen LogP contribution is -2.14. The Morgan fingerprint density at radius 1 is 1.17 bits per heavy atom. The largest absolute Gasteiger partial charge is 0.325 e. The van der Waals surface area contributed by atoms with Crippen LogP contribution in [0, 0.1) is 6.92 Å². The van der Waals surface area contributed by atoms with Crippen LogP contribution in [0.3, 0.4) is 0 Å². The first-order chi connectivity index (χ1) is 11.2. The van der Waals surface area contributed by atoms with Crippen LogP contribution < -0.4 is 5.32 Å². The number of hydrogen-bond donors (Lipinski definition) is 1. The third kappa shape index (κ3) is 3.92. The number of pyridine rings is 1. The van der Waals surface area contributed by atoms with Gasteiger partial charge in [-0.15, -0.1) is 5.10 Å². The van der Waals surface area contributed by atoms with Gasteiger partial charge in [0.2, 0.25) is 11.1 Å². The molecule has 0 aliphatic heterocycles. The van der Waals surface area contributed by atoms with Crippen molar-refractivity contribution < 1.29 is 4.79 Å². The Labute approximate surface area is 137 Å². The van der Waals surface area contributed by atoms with Crippen molar-refractivity contribution in [3.8, 4) is 5.69 Å². The molecule has 0 unspecified atom stereocenters. The third-order valence-corrected chi connectivity index (χ3v) is 3.94. The van der Waals surface area contributed by atoms with Crippen molar-refractivity contribution in [2.24, 2.45) is 0 Å². The quantitative estimate of drug-likeness (QED) is 0.723. The van der Waals surface area contributed by atoms with E-state index in [1.54, 1.807) is 29.2 Å². The fourth-order valence-corrected chi connectivity index (χ4v) is 2.57. The van der Waals surface area contributed by atoms with E-state index in [9.17, 15) is 4.79 Å². The molecule has 1 aromatic carbocycles. The van der Waals surface area contributed by atoms with Gasteiger partial charge in [0.25, 0.3) is 0 Å². The molecule has 2 heterocycles. The van der Waals surface area contributed by atoms with Gasteiger partial charge in [-0.3, -0.25) is 9.78 Å². The maximum atomic E-state index is 12.0. The van der Waals surface area contributed by atoms with E-state index in [4.69, 9.17) is 0 Å². The number of rotatable bonds is 5. The van der Waals surface area contributed by atoms with E-state index in [0.717, 1.165) is 11.3 Å². The first-order valence-electron chi connectivity index (χ1n) is 6.90. The fraction of sp³-hybridized carbons (Fsp3) is 0.133. The Morgan fingerprint density at radius 2 is 1.91 bits per heavy atom. The second-order valence-electron chi connectivity index (χ2n) is 4.78. The van der Waals surface area contributed by atoms with Crippen LogP contribution in [0.4, 0.5) is 5.69 Å². The predicted octanol–water partition coefficient (Wildman–Crippen LogP) is 2.10. The maximum absolute atomic E-state index is 12.0. The van der Waals surface area contributed by atoms with E-state index >= 15 is 0 Å². The molecule has 23 heavy (non-hydrogen) atoms. The SMILES string of the molecule is Cc1ccc(-n2nnnc2SCC(=O)Nc2ccncc2)cc1. The Bertz CT molecular complexity index is 787. The minimum atomic E-state index is -0.125. The van der Waals surface area contributed by atoms with Crippen LogP contribution in [0.5, 0.6) is 0 Å². The average molecular weight is 326 g/mol. The lowest BCUT2D eigenvalue weighted by Gasteiger charge is -2.05. The molecule has 7 nitrogen and oxygen atoms in total. The number of thioether (sulfide) groups is 1. The number of aryl methyl sites for hydroxylation is 1. The first-order valence-corrected chi connectivity index (χ1v) is 7.89. The van der Waals surface area contributed by atoms with E-state index in [1.165, 1.54) is 11.8 Å². The van der Waals surface area contributed by atoms with Gasteiger partial charge in [0, 0.05) is 18.1 Å². The molecule has 3 aromatic rings. The molecule has 3 rings (SSSR count). The summed E-state index contributed by atoms with van der Waals surface area (Å²) in [5.41, 5.74) is 2.73. The summed E-state index contributed by atoms with van der Waals surface area (Å²) in [6.07, 6.45) is 3.25. The van der Waals surface area contributed by atoms with Gasteiger partial charge in [0.15, 0.2) is 0 Å². The highest BCUT2D eigenvalue weighted by molar-refractivity contribution is 7.99. The number of aromatic nitrogens is 5. The maximum Gasteiger partial charge on any atom is 0.234 e. The number of nitrogens with one attached hydrogen (secondary N) is 1. The third-order valence-electron chi connectivity index (χ3n) is 3.02. The minimum absolute atomic E-state index is 0.125. The van der Waals surface area contributed by atoms with Gasteiger partial charge >= 0.3 is 0 Å². The summed E-state index contributed by atoms with van der Waals surface area (Å²) in [7, 11) is 0. The molecule has 0 aliphatic carbocycles. The zero-order valence-electron chi connectivity index (χ0n) is 12.4. The van der Waals surface area contributed by atoms with Crippen LogP contribution in [-0.4, -0.2) is 36.9 Å². The van der Waals surface area contributed by atoms with Gasteiger partial charge in [-0.2, -0.15) is 4.68 Å². The zero-order valence-corrected chi connectivity index (χ0v) is 13.2. The minimum Gasteiger partial charge on any atom is -0.325 e. The molecule has 0 radical (unpaired) electrons. The molecule has 0 saturated carbocycles. The fourth-order valence-electron chi connectivity index (χ4n) is 1.88. The standard InChI is InChI=1S/C15H14N6OS/c1-11-2-4-13(5-3-11)21-15(18-19-20-21)23-10-14(22)17-12-6-8-16-9-7-12/h2-9H,10H2,1H3,(H,16,17,22). The Balaban J connectivity index is 1.64. The van der Waals surface area contributed by atoms with Crippen molar-refractivity contribution in [3.05, 3.63) is 54.4 Å². The highest BCUT2D eigenvalue weighted by Gasteiger charge is 2.11. The molecule has 116 valence electrons. The molecule has 0 spiro atoms. The van der Waals surface area contributed by atoms with Gasteiger partial charge in [-0.1, -0.05) is 29.5 Å². The number of amides is 1. The number of tetrazole rings is 1. The van der Waals surface area contributed by atoms with Crippen LogP contribution in [0.15, 0.2) is 53.9 Å². The summed E-state index contributed by atoms with van der Waals surface area (Å²) in [4.78, 5) is 15.9. The van der Waals surface area contributed by atoms with E-state index < -0.39 is 0 Å². The molecule has 2 aromatic heterocycles. The van der Waals surface area contributed by atoms with Gasteiger partial charge < -0.3 is 5.32 Å². The zero-order chi connectivity index (χ0) is 16.1. The lowest BCUT2D eigenvalue weighted by atomic mass is 10.2. The number of anilines is 1. The Hall–Kier alpha value is -2.74. The summed E-state index contributed by atoms with van der Waals surface area (Å²) >= 11 is 1.28. The number of carbonyl (C=O) groups excluding carboxylic acids is 1. The Morgan fingerprint density at radius 3 is 2.65 bits per heavy atom. The summed E-state index contributed by atoms with van der Waals surface area (Å²) in [6, 6.07) is 11.3. The van der Waals surface area contributed by atoms with Crippen LogP contribution in [0.1, 0.15) is 5.56 Å². The smallest absolute Gasteiger partial charge is 0.234 e. The van der Waals surface area contributed by atoms with Crippen LogP contribution >= 0.6 is 11.8 Å². The van der Waals surface area contributed by atoms with E-state index in [2.05, 4.69) is 25.8 Å². The molecular weight excluding hydrogens is 312 g/mol. The van der Waals surface area contributed by atoms with Crippen LogP contribution in [0.2, 0.25) is 0 Å². The number of nitrogens with zero attached hydrogens (tertiary/aromatic N) is 5. The van der Waals surface area contributed by atoms with Gasteiger partial charge in [0.1, 0.15) is 0 Å². The second-order valence-corrected chi connectivity index (χ2v) is 5.72. The van der Waals surface area contributed by atoms with E-state index in [1.807, 2.05) is 31.2 Å². The molecule has 0 bridgehead atoms. The normalized spacial score (nSPS) is 10.5. The summed E-state index contributed by atoms with van der Waals surface area (Å²) < 4.78 is 1.61.